The lowest BCUT2D eigenvalue weighted by molar-refractivity contribution is 0.0685. The summed E-state index contributed by atoms with van der Waals surface area (Å²) in [6.45, 7) is 2.11. The molecule has 1 saturated carbocycles. The van der Waals surface area contributed by atoms with Crippen LogP contribution in [0.5, 0.6) is 11.5 Å². The van der Waals surface area contributed by atoms with E-state index in [1.807, 2.05) is 36.4 Å². The van der Waals surface area contributed by atoms with Gasteiger partial charge in [-0.1, -0.05) is 36.4 Å². The van der Waals surface area contributed by atoms with Crippen molar-refractivity contribution in [1.82, 2.24) is 10.2 Å². The summed E-state index contributed by atoms with van der Waals surface area (Å²) in [5.74, 6) is -0.764. The van der Waals surface area contributed by atoms with Crippen LogP contribution in [0.15, 0.2) is 60.7 Å². The van der Waals surface area contributed by atoms with Crippen molar-refractivity contribution in [2.24, 2.45) is 5.41 Å². The first-order valence-corrected chi connectivity index (χ1v) is 15.6. The Hall–Kier alpha value is -3.10. The molecule has 230 valence electrons. The van der Waals surface area contributed by atoms with Gasteiger partial charge in [0.15, 0.2) is 0 Å². The van der Waals surface area contributed by atoms with Crippen molar-refractivity contribution in [3.63, 3.8) is 0 Å². The molecule has 2 unspecified atom stereocenters. The zero-order valence-corrected chi connectivity index (χ0v) is 24.5. The average molecular weight is 597 g/mol. The van der Waals surface area contributed by atoms with Crippen molar-refractivity contribution in [3.8, 4) is 11.5 Å². The number of rotatable bonds is 8. The standard InChI is InChI=1S/C35H40F4N2O2/c36-30-19-28(43-27-10-14-35(21-27)12-4-15-40-16-5-13-35)20-31(37)33(30)34-29-9-8-26(42-23-24-6-2-1-3-7-24)18-25(29)11-17-41(34)22-32(38)39/h1-3,6-9,18-20,27,32,34,40H,4-5,10-17,21-23H2. The van der Waals surface area contributed by atoms with Gasteiger partial charge in [0.2, 0.25) is 0 Å². The third-order valence-electron chi connectivity index (χ3n) is 9.47. The maximum Gasteiger partial charge on any atom is 0.251 e. The number of benzene rings is 3. The lowest BCUT2D eigenvalue weighted by Crippen LogP contribution is -2.40. The smallest absolute Gasteiger partial charge is 0.251 e. The van der Waals surface area contributed by atoms with E-state index in [-0.39, 0.29) is 29.4 Å². The lowest BCUT2D eigenvalue weighted by Gasteiger charge is -2.38. The Kier molecular flexibility index (Phi) is 9.24. The highest BCUT2D eigenvalue weighted by Gasteiger charge is 2.40. The quantitative estimate of drug-likeness (QED) is 0.269. The minimum atomic E-state index is -2.63. The van der Waals surface area contributed by atoms with Gasteiger partial charge < -0.3 is 14.8 Å². The lowest BCUT2D eigenvalue weighted by atomic mass is 9.77. The minimum absolute atomic E-state index is 0.0860. The molecule has 2 atom stereocenters. The Balaban J connectivity index is 1.22. The van der Waals surface area contributed by atoms with Gasteiger partial charge in [-0.05, 0) is 98.7 Å². The van der Waals surface area contributed by atoms with E-state index < -0.39 is 30.6 Å². The van der Waals surface area contributed by atoms with Crippen LogP contribution in [-0.4, -0.2) is 43.6 Å². The molecule has 2 heterocycles. The fourth-order valence-electron chi connectivity index (χ4n) is 7.42. The second-order valence-electron chi connectivity index (χ2n) is 12.4. The van der Waals surface area contributed by atoms with Crippen LogP contribution in [-0.2, 0) is 13.0 Å². The topological polar surface area (TPSA) is 33.7 Å². The second-order valence-corrected chi connectivity index (χ2v) is 12.4. The van der Waals surface area contributed by atoms with Crippen LogP contribution in [0.2, 0.25) is 0 Å². The van der Waals surface area contributed by atoms with Crippen molar-refractivity contribution >= 4 is 0 Å². The van der Waals surface area contributed by atoms with Gasteiger partial charge in [-0.2, -0.15) is 0 Å². The molecule has 3 aliphatic rings. The molecule has 4 nitrogen and oxygen atoms in total. The van der Waals surface area contributed by atoms with Crippen molar-refractivity contribution in [3.05, 3.63) is 94.6 Å². The number of nitrogens with one attached hydrogen (secondary N) is 1. The van der Waals surface area contributed by atoms with Gasteiger partial charge in [0.05, 0.1) is 18.7 Å². The van der Waals surface area contributed by atoms with Gasteiger partial charge in [0, 0.05) is 24.2 Å². The predicted octanol–water partition coefficient (Wildman–Crippen LogP) is 7.84. The van der Waals surface area contributed by atoms with E-state index in [2.05, 4.69) is 5.32 Å². The Morgan fingerprint density at radius 2 is 1.65 bits per heavy atom. The number of alkyl halides is 2. The van der Waals surface area contributed by atoms with E-state index in [1.54, 1.807) is 12.1 Å². The first kappa shape index (κ1) is 29.9. The van der Waals surface area contributed by atoms with Gasteiger partial charge in [-0.15, -0.1) is 0 Å². The van der Waals surface area contributed by atoms with E-state index in [1.165, 1.54) is 17.0 Å². The van der Waals surface area contributed by atoms with E-state index in [0.29, 0.717) is 24.3 Å². The first-order valence-electron chi connectivity index (χ1n) is 15.6. The Morgan fingerprint density at radius 1 is 0.907 bits per heavy atom. The van der Waals surface area contributed by atoms with Crippen LogP contribution >= 0.6 is 0 Å². The molecule has 2 aliphatic heterocycles. The van der Waals surface area contributed by atoms with E-state index in [4.69, 9.17) is 9.47 Å². The summed E-state index contributed by atoms with van der Waals surface area (Å²) in [5, 5.41) is 3.46. The molecule has 2 fully saturated rings. The molecule has 1 spiro atoms. The normalized spacial score (nSPS) is 22.3. The fraction of sp³-hybridized carbons (Fsp3) is 0.486. The monoisotopic (exact) mass is 596 g/mol. The van der Waals surface area contributed by atoms with Crippen LogP contribution in [0, 0.1) is 17.0 Å². The molecule has 0 amide bonds. The molecule has 8 heteroatoms. The fourth-order valence-corrected chi connectivity index (χ4v) is 7.42. The number of nitrogens with zero attached hydrogens (tertiary/aromatic N) is 1. The van der Waals surface area contributed by atoms with Crippen LogP contribution in [0.25, 0.3) is 0 Å². The molecule has 1 saturated heterocycles. The third kappa shape index (κ3) is 7.01. The summed E-state index contributed by atoms with van der Waals surface area (Å²) in [4.78, 5) is 1.48. The summed E-state index contributed by atoms with van der Waals surface area (Å²) in [6.07, 6.45) is 5.12. The summed E-state index contributed by atoms with van der Waals surface area (Å²) in [6, 6.07) is 16.6. The predicted molar refractivity (Wildman–Crippen MR) is 159 cm³/mol. The summed E-state index contributed by atoms with van der Waals surface area (Å²) in [7, 11) is 0. The number of fused-ring (bicyclic) bond motifs is 1. The zero-order valence-electron chi connectivity index (χ0n) is 24.5. The van der Waals surface area contributed by atoms with Crippen LogP contribution in [0.1, 0.15) is 73.2 Å². The average Bonchev–Trinajstić information content (AvgIpc) is 3.37. The molecule has 0 aromatic heterocycles. The largest absolute Gasteiger partial charge is 0.490 e. The molecule has 6 rings (SSSR count). The third-order valence-corrected chi connectivity index (χ3v) is 9.47. The van der Waals surface area contributed by atoms with Gasteiger partial charge in [0.1, 0.15) is 29.7 Å². The number of hydrogen-bond acceptors (Lipinski definition) is 4. The molecular formula is C35H40F4N2O2. The molecule has 3 aromatic rings. The maximum atomic E-state index is 15.8. The van der Waals surface area contributed by atoms with Crippen molar-refractivity contribution in [2.75, 3.05) is 26.2 Å². The van der Waals surface area contributed by atoms with Crippen molar-refractivity contribution in [2.45, 2.75) is 76.5 Å². The highest BCUT2D eigenvalue weighted by Crippen LogP contribution is 2.47. The number of ether oxygens (including phenoxy) is 2. The van der Waals surface area contributed by atoms with Crippen LogP contribution in [0.3, 0.4) is 0 Å². The Labute approximate surface area is 251 Å². The molecule has 1 aliphatic carbocycles. The van der Waals surface area contributed by atoms with Crippen LogP contribution < -0.4 is 14.8 Å². The summed E-state index contributed by atoms with van der Waals surface area (Å²) >= 11 is 0. The van der Waals surface area contributed by atoms with Gasteiger partial charge in [-0.3, -0.25) is 4.90 Å². The molecule has 0 bridgehead atoms. The Bertz CT molecular complexity index is 1350. The molecule has 43 heavy (non-hydrogen) atoms. The van der Waals surface area contributed by atoms with Crippen molar-refractivity contribution in [1.29, 1.82) is 0 Å². The molecular weight excluding hydrogens is 556 g/mol. The molecule has 0 radical (unpaired) electrons. The van der Waals surface area contributed by atoms with E-state index >= 15 is 8.78 Å². The number of halogens is 4. The van der Waals surface area contributed by atoms with Crippen LogP contribution in [0.4, 0.5) is 17.6 Å². The molecule has 1 N–H and O–H groups in total. The summed E-state index contributed by atoms with van der Waals surface area (Å²) in [5.41, 5.74) is 2.49. The highest BCUT2D eigenvalue weighted by molar-refractivity contribution is 5.46. The second kappa shape index (κ2) is 13.3. The van der Waals surface area contributed by atoms with Gasteiger partial charge in [-0.25, -0.2) is 17.6 Å². The number of hydrogen-bond donors (Lipinski definition) is 1. The van der Waals surface area contributed by atoms with Gasteiger partial charge in [0.25, 0.3) is 6.43 Å². The molecule has 3 aromatic carbocycles. The summed E-state index contributed by atoms with van der Waals surface area (Å²) < 4.78 is 71.1. The minimum Gasteiger partial charge on any atom is -0.490 e. The van der Waals surface area contributed by atoms with Crippen molar-refractivity contribution < 1.29 is 27.0 Å². The van der Waals surface area contributed by atoms with E-state index in [0.717, 1.165) is 69.2 Å². The van der Waals surface area contributed by atoms with E-state index in [9.17, 15) is 8.78 Å². The zero-order chi connectivity index (χ0) is 29.8. The first-order chi connectivity index (χ1) is 20.9. The Morgan fingerprint density at radius 3 is 2.37 bits per heavy atom. The maximum absolute atomic E-state index is 15.8. The van der Waals surface area contributed by atoms with Gasteiger partial charge >= 0.3 is 0 Å². The SMILES string of the molecule is Fc1cc(OC2CCC3(CCCNCCC3)C2)cc(F)c1C1c2ccc(OCc3ccccc3)cc2CCN1CC(F)F. The highest BCUT2D eigenvalue weighted by atomic mass is 19.3.